The highest BCUT2D eigenvalue weighted by molar-refractivity contribution is 8.14. The van der Waals surface area contributed by atoms with Gasteiger partial charge in [0.15, 0.2) is 0 Å². The molecular weight excluding hydrogens is 250 g/mol. The first-order chi connectivity index (χ1) is 8.67. The number of rotatable bonds is 4. The second-order valence-corrected chi connectivity index (χ2v) is 5.91. The van der Waals surface area contributed by atoms with Gasteiger partial charge in [-0.15, -0.1) is 0 Å². The van der Waals surface area contributed by atoms with Crippen molar-refractivity contribution in [3.05, 3.63) is 0 Å². The first-order valence-electron chi connectivity index (χ1n) is 6.61. The number of likely N-dealkylation sites (N-methyl/N-ethyl adjacent to an activating group) is 1. The maximum atomic E-state index is 12.4. The first-order valence-corrected chi connectivity index (χ1v) is 7.59. The van der Waals surface area contributed by atoms with Crippen LogP contribution in [0.25, 0.3) is 0 Å². The number of nitrogens with zero attached hydrogens (tertiary/aromatic N) is 1. The third kappa shape index (κ3) is 2.64. The molecule has 2 fully saturated rings. The Bertz CT molecular complexity index is 337. The van der Waals surface area contributed by atoms with Gasteiger partial charge in [0, 0.05) is 18.3 Å². The van der Waals surface area contributed by atoms with Crippen molar-refractivity contribution in [3.8, 4) is 0 Å². The Morgan fingerprint density at radius 1 is 1.56 bits per heavy atom. The molecule has 0 radical (unpaired) electrons. The highest BCUT2D eigenvalue weighted by atomic mass is 32.2. The summed E-state index contributed by atoms with van der Waals surface area (Å²) < 4.78 is 0. The van der Waals surface area contributed by atoms with Gasteiger partial charge in [-0.3, -0.25) is 9.59 Å². The van der Waals surface area contributed by atoms with E-state index >= 15 is 0 Å². The number of carbonyl (C=O) groups excluding carboxylic acids is 2. The van der Waals surface area contributed by atoms with Gasteiger partial charge >= 0.3 is 0 Å². The average molecular weight is 271 g/mol. The molecule has 2 amide bonds. The normalized spacial score (nSPS) is 31.4. The molecule has 18 heavy (non-hydrogen) atoms. The molecule has 0 bridgehead atoms. The van der Waals surface area contributed by atoms with Crippen molar-refractivity contribution < 1.29 is 9.59 Å². The van der Waals surface area contributed by atoms with Gasteiger partial charge in [0.05, 0.1) is 0 Å². The molecule has 1 saturated heterocycles. The number of hydrogen-bond acceptors (Lipinski definition) is 4. The van der Waals surface area contributed by atoms with Crippen molar-refractivity contribution >= 4 is 22.9 Å². The fraction of sp³-hybridized carbons (Fsp3) is 0.833. The van der Waals surface area contributed by atoms with Crippen LogP contribution in [0.1, 0.15) is 26.2 Å². The minimum Gasteiger partial charge on any atom is -0.338 e. The minimum absolute atomic E-state index is 0.0567. The number of carbonyl (C=O) groups is 2. The molecule has 102 valence electrons. The predicted molar refractivity (Wildman–Crippen MR) is 72.3 cm³/mol. The monoisotopic (exact) mass is 271 g/mol. The minimum atomic E-state index is -0.346. The van der Waals surface area contributed by atoms with Crippen molar-refractivity contribution in [3.63, 3.8) is 0 Å². The van der Waals surface area contributed by atoms with Gasteiger partial charge in [-0.05, 0) is 32.2 Å². The third-order valence-corrected chi connectivity index (χ3v) is 4.80. The van der Waals surface area contributed by atoms with E-state index in [1.807, 2.05) is 11.8 Å². The quantitative estimate of drug-likeness (QED) is 0.792. The van der Waals surface area contributed by atoms with Crippen LogP contribution >= 0.6 is 11.8 Å². The molecule has 0 spiro atoms. The summed E-state index contributed by atoms with van der Waals surface area (Å²) in [6.45, 7) is 3.32. The summed E-state index contributed by atoms with van der Waals surface area (Å²) in [7, 11) is 0. The molecule has 3 N–H and O–H groups in total. The molecule has 6 heteroatoms. The van der Waals surface area contributed by atoms with Crippen molar-refractivity contribution in [2.45, 2.75) is 38.3 Å². The summed E-state index contributed by atoms with van der Waals surface area (Å²) in [6, 6.07) is -0.0866. The van der Waals surface area contributed by atoms with Crippen LogP contribution < -0.4 is 11.1 Å². The van der Waals surface area contributed by atoms with Gasteiger partial charge in [0.1, 0.15) is 6.04 Å². The van der Waals surface area contributed by atoms with E-state index in [4.69, 9.17) is 5.73 Å². The lowest BCUT2D eigenvalue weighted by Crippen LogP contribution is -2.51. The van der Waals surface area contributed by atoms with E-state index in [9.17, 15) is 9.59 Å². The molecule has 1 heterocycles. The summed E-state index contributed by atoms with van der Waals surface area (Å²) in [4.78, 5) is 25.5. The van der Waals surface area contributed by atoms with E-state index in [2.05, 4.69) is 5.32 Å². The van der Waals surface area contributed by atoms with Crippen molar-refractivity contribution in [1.29, 1.82) is 0 Å². The highest BCUT2D eigenvalue weighted by Crippen LogP contribution is 2.30. The molecule has 1 aliphatic heterocycles. The molecule has 1 saturated carbocycles. The zero-order valence-electron chi connectivity index (χ0n) is 10.7. The standard InChI is InChI=1S/C12H21N3O2S/c1-2-15(10-5-3-4-8(10)6-13)11(16)9-7-18-12(17)14-9/h8-10H,2-7,13H2,1H3,(H,14,17). The van der Waals surface area contributed by atoms with Crippen LogP contribution in [0.5, 0.6) is 0 Å². The van der Waals surface area contributed by atoms with Gasteiger partial charge in [-0.25, -0.2) is 0 Å². The second kappa shape index (κ2) is 5.93. The van der Waals surface area contributed by atoms with Gasteiger partial charge in [0.25, 0.3) is 5.24 Å². The molecule has 0 aromatic rings. The van der Waals surface area contributed by atoms with E-state index in [1.165, 1.54) is 11.8 Å². The predicted octanol–water partition coefficient (Wildman–Crippen LogP) is 0.787. The van der Waals surface area contributed by atoms with Crippen LogP contribution in [-0.4, -0.2) is 47.0 Å². The van der Waals surface area contributed by atoms with E-state index in [0.29, 0.717) is 24.8 Å². The number of thioether (sulfide) groups is 1. The number of nitrogens with one attached hydrogen (secondary N) is 1. The number of hydrogen-bond donors (Lipinski definition) is 2. The van der Waals surface area contributed by atoms with E-state index in [1.54, 1.807) is 0 Å². The highest BCUT2D eigenvalue weighted by Gasteiger charge is 2.37. The first kappa shape index (κ1) is 13.7. The number of amides is 2. The van der Waals surface area contributed by atoms with Crippen LogP contribution in [0.3, 0.4) is 0 Å². The van der Waals surface area contributed by atoms with Crippen LogP contribution in [0.2, 0.25) is 0 Å². The van der Waals surface area contributed by atoms with Crippen molar-refractivity contribution in [1.82, 2.24) is 10.2 Å². The maximum absolute atomic E-state index is 12.4. The number of nitrogens with two attached hydrogens (primary N) is 1. The summed E-state index contributed by atoms with van der Waals surface area (Å²) in [5.41, 5.74) is 5.78. The van der Waals surface area contributed by atoms with E-state index in [-0.39, 0.29) is 23.2 Å². The zero-order valence-corrected chi connectivity index (χ0v) is 11.5. The molecule has 0 aromatic heterocycles. The molecule has 2 rings (SSSR count). The fourth-order valence-electron chi connectivity index (χ4n) is 2.97. The molecule has 3 unspecified atom stereocenters. The molecule has 0 aromatic carbocycles. The van der Waals surface area contributed by atoms with Gasteiger partial charge in [-0.2, -0.15) is 0 Å². The SMILES string of the molecule is CCN(C(=O)C1CSC(=O)N1)C1CCCC1CN. The Morgan fingerprint density at radius 3 is 2.89 bits per heavy atom. The Labute approximate surface area is 112 Å². The summed E-state index contributed by atoms with van der Waals surface area (Å²) in [5, 5.41) is 2.63. The van der Waals surface area contributed by atoms with Crippen LogP contribution in [0.15, 0.2) is 0 Å². The van der Waals surface area contributed by atoms with E-state index < -0.39 is 0 Å². The Kier molecular flexibility index (Phi) is 4.50. The van der Waals surface area contributed by atoms with Gasteiger partial charge in [0.2, 0.25) is 5.91 Å². The average Bonchev–Trinajstić information content (AvgIpc) is 2.98. The lowest BCUT2D eigenvalue weighted by Gasteiger charge is -2.33. The zero-order chi connectivity index (χ0) is 13.1. The topological polar surface area (TPSA) is 75.4 Å². The Hall–Kier alpha value is -0.750. The van der Waals surface area contributed by atoms with Crippen LogP contribution in [0.4, 0.5) is 4.79 Å². The largest absolute Gasteiger partial charge is 0.338 e. The summed E-state index contributed by atoms with van der Waals surface area (Å²) in [6.07, 6.45) is 3.29. The summed E-state index contributed by atoms with van der Waals surface area (Å²) >= 11 is 1.19. The fourth-order valence-corrected chi connectivity index (χ4v) is 3.74. The second-order valence-electron chi connectivity index (χ2n) is 4.91. The lowest BCUT2D eigenvalue weighted by atomic mass is 10.0. The molecule has 2 aliphatic rings. The van der Waals surface area contributed by atoms with Crippen molar-refractivity contribution in [2.24, 2.45) is 11.7 Å². The smallest absolute Gasteiger partial charge is 0.279 e. The Balaban J connectivity index is 2.03. The van der Waals surface area contributed by atoms with Crippen LogP contribution in [0, 0.1) is 5.92 Å². The van der Waals surface area contributed by atoms with Crippen molar-refractivity contribution in [2.75, 3.05) is 18.8 Å². The molecular formula is C12H21N3O2S. The Morgan fingerprint density at radius 2 is 2.33 bits per heavy atom. The molecule has 5 nitrogen and oxygen atoms in total. The van der Waals surface area contributed by atoms with Crippen LogP contribution in [-0.2, 0) is 4.79 Å². The van der Waals surface area contributed by atoms with Gasteiger partial charge in [-0.1, -0.05) is 18.2 Å². The van der Waals surface area contributed by atoms with Gasteiger partial charge < -0.3 is 16.0 Å². The summed E-state index contributed by atoms with van der Waals surface area (Å²) in [5.74, 6) is 1.02. The lowest BCUT2D eigenvalue weighted by molar-refractivity contribution is -0.135. The van der Waals surface area contributed by atoms with E-state index in [0.717, 1.165) is 19.3 Å². The maximum Gasteiger partial charge on any atom is 0.279 e. The molecule has 3 atom stereocenters. The molecule has 1 aliphatic carbocycles. The third-order valence-electron chi connectivity index (χ3n) is 3.92.